The van der Waals surface area contributed by atoms with E-state index in [0.29, 0.717) is 37.9 Å². The summed E-state index contributed by atoms with van der Waals surface area (Å²) < 4.78 is 7.44. The fraction of sp³-hybridized carbons (Fsp3) is 1.00. The summed E-state index contributed by atoms with van der Waals surface area (Å²) in [6.07, 6.45) is 0.292. The van der Waals surface area contributed by atoms with Gasteiger partial charge in [0.15, 0.2) is 14.7 Å². The Balaban J connectivity index is 2.48. The van der Waals surface area contributed by atoms with Crippen LogP contribution in [0.25, 0.3) is 0 Å². The third kappa shape index (κ3) is 4.29. The number of rotatable bonds is 6. The predicted octanol–water partition coefficient (Wildman–Crippen LogP) is 1.82. The van der Waals surface area contributed by atoms with Gasteiger partial charge in [0.2, 0.25) is 0 Å². The minimum Gasteiger partial charge on any atom is -0.331 e. The first-order valence-corrected chi connectivity index (χ1v) is 6.97. The molecule has 2 N–H and O–H groups in total. The van der Waals surface area contributed by atoms with Crippen molar-refractivity contribution in [3.05, 3.63) is 0 Å². The summed E-state index contributed by atoms with van der Waals surface area (Å²) in [4.78, 5) is 4.40. The van der Waals surface area contributed by atoms with E-state index in [1.54, 1.807) is 0 Å². The van der Waals surface area contributed by atoms with Crippen LogP contribution in [0.5, 0.6) is 0 Å². The Morgan fingerprint density at radius 2 is 2.33 bits per heavy atom. The van der Waals surface area contributed by atoms with Crippen molar-refractivity contribution in [1.82, 2.24) is 9.76 Å². The fourth-order valence-electron chi connectivity index (χ4n) is 1.28. The molecule has 0 spiro atoms. The van der Waals surface area contributed by atoms with Gasteiger partial charge in [-0.15, -0.1) is 23.2 Å². The molecule has 0 aromatic rings. The van der Waals surface area contributed by atoms with Crippen molar-refractivity contribution in [2.45, 2.75) is 12.6 Å². The summed E-state index contributed by atoms with van der Waals surface area (Å²) in [7, 11) is -0.963. The lowest BCUT2D eigenvalue weighted by Crippen LogP contribution is -2.42. The Kier molecular flexibility index (Phi) is 7.38. The number of hydrogen-bond donors (Lipinski definition) is 2. The van der Waals surface area contributed by atoms with E-state index in [-0.39, 0.29) is 6.23 Å². The van der Waals surface area contributed by atoms with Crippen LogP contribution in [-0.2, 0) is 9.41 Å². The van der Waals surface area contributed by atoms with Crippen LogP contribution in [0.15, 0.2) is 0 Å². The molecule has 0 bridgehead atoms. The Labute approximate surface area is 100 Å². The van der Waals surface area contributed by atoms with E-state index in [1.165, 1.54) is 0 Å². The molecule has 1 aliphatic rings. The third-order valence-electron chi connectivity index (χ3n) is 1.92. The lowest BCUT2D eigenvalue weighted by molar-refractivity contribution is -0.307. The van der Waals surface area contributed by atoms with Crippen molar-refractivity contribution in [3.63, 3.8) is 0 Å². The molecular formula is C7H15Cl2N2O3P. The van der Waals surface area contributed by atoms with Crippen LogP contribution in [0.3, 0.4) is 0 Å². The van der Waals surface area contributed by atoms with E-state index >= 15 is 0 Å². The highest BCUT2D eigenvalue weighted by Crippen LogP contribution is 2.43. The predicted molar refractivity (Wildman–Crippen MR) is 61.1 cm³/mol. The highest BCUT2D eigenvalue weighted by molar-refractivity contribution is 7.47. The van der Waals surface area contributed by atoms with E-state index in [9.17, 15) is 0 Å². The first kappa shape index (κ1) is 13.9. The molecule has 2 atom stereocenters. The first-order chi connectivity index (χ1) is 7.33. The number of hydrogen-bond acceptors (Lipinski definition) is 5. The monoisotopic (exact) mass is 276 g/mol. The molecule has 2 unspecified atom stereocenters. The Bertz CT molecular complexity index is 180. The summed E-state index contributed by atoms with van der Waals surface area (Å²) >= 11 is 11.3. The number of nitrogens with zero attached hydrogens (tertiary/aromatic N) is 1. The summed E-state index contributed by atoms with van der Waals surface area (Å²) in [6, 6.07) is 0. The molecule has 0 aromatic heterocycles. The van der Waals surface area contributed by atoms with Gasteiger partial charge in [0, 0.05) is 31.3 Å². The molecule has 1 fully saturated rings. The van der Waals surface area contributed by atoms with Crippen LogP contribution in [-0.4, -0.2) is 47.6 Å². The first-order valence-electron chi connectivity index (χ1n) is 4.68. The van der Waals surface area contributed by atoms with Crippen molar-refractivity contribution in [1.29, 1.82) is 0 Å². The van der Waals surface area contributed by atoms with Gasteiger partial charge >= 0.3 is 0 Å². The zero-order valence-corrected chi connectivity index (χ0v) is 10.6. The second kappa shape index (κ2) is 7.98. The minimum absolute atomic E-state index is 0.341. The van der Waals surface area contributed by atoms with Gasteiger partial charge < -0.3 is 4.52 Å². The van der Waals surface area contributed by atoms with Crippen molar-refractivity contribution in [3.8, 4) is 0 Å². The molecule has 1 rings (SSSR count). The maximum atomic E-state index is 8.75. The smallest absolute Gasteiger partial charge is 0.187 e. The van der Waals surface area contributed by atoms with Crippen molar-refractivity contribution < 1.29 is 14.7 Å². The highest BCUT2D eigenvalue weighted by Gasteiger charge is 2.32. The van der Waals surface area contributed by atoms with Crippen molar-refractivity contribution >= 4 is 31.7 Å². The Morgan fingerprint density at radius 3 is 2.93 bits per heavy atom. The minimum atomic E-state index is -0.963. The molecule has 0 aromatic carbocycles. The van der Waals surface area contributed by atoms with Gasteiger partial charge in [0.1, 0.15) is 0 Å². The zero-order valence-electron chi connectivity index (χ0n) is 8.23. The molecule has 8 heteroatoms. The van der Waals surface area contributed by atoms with Gasteiger partial charge in [-0.1, -0.05) is 0 Å². The normalized spacial score (nSPS) is 28.2. The zero-order chi connectivity index (χ0) is 11.1. The van der Waals surface area contributed by atoms with Crippen LogP contribution in [0.2, 0.25) is 0 Å². The molecule has 1 heterocycles. The maximum Gasteiger partial charge on any atom is 0.187 e. The third-order valence-corrected chi connectivity index (χ3v) is 4.12. The van der Waals surface area contributed by atoms with Crippen molar-refractivity contribution in [2.75, 3.05) is 31.5 Å². The van der Waals surface area contributed by atoms with E-state index in [1.807, 2.05) is 4.67 Å². The molecule has 0 radical (unpaired) electrons. The van der Waals surface area contributed by atoms with Gasteiger partial charge in [-0.2, -0.15) is 0 Å². The van der Waals surface area contributed by atoms with Gasteiger partial charge in [-0.05, 0) is 0 Å². The molecule has 0 amide bonds. The van der Waals surface area contributed by atoms with Gasteiger partial charge in [0.05, 0.1) is 6.61 Å². The molecule has 1 saturated heterocycles. The molecule has 0 aliphatic carbocycles. The Hall–Kier alpha value is 0.810. The lowest BCUT2D eigenvalue weighted by atomic mass is 10.4. The average molecular weight is 277 g/mol. The lowest BCUT2D eigenvalue weighted by Gasteiger charge is -2.38. The van der Waals surface area contributed by atoms with E-state index in [4.69, 9.17) is 33.0 Å². The van der Waals surface area contributed by atoms with Crippen LogP contribution in [0.1, 0.15) is 6.42 Å². The van der Waals surface area contributed by atoms with Crippen LogP contribution in [0, 0.1) is 0 Å². The summed E-state index contributed by atoms with van der Waals surface area (Å²) in [5.74, 6) is 0.978. The highest BCUT2D eigenvalue weighted by atomic mass is 35.5. The molecule has 5 nitrogen and oxygen atoms in total. The van der Waals surface area contributed by atoms with Gasteiger partial charge in [-0.25, -0.2) is 9.56 Å². The topological polar surface area (TPSA) is 54.0 Å². The number of halogens is 2. The van der Waals surface area contributed by atoms with Crippen LogP contribution < -0.4 is 5.09 Å². The summed E-state index contributed by atoms with van der Waals surface area (Å²) in [5.41, 5.74) is 0. The van der Waals surface area contributed by atoms with Crippen LogP contribution in [0.4, 0.5) is 0 Å². The van der Waals surface area contributed by atoms with Crippen molar-refractivity contribution in [2.24, 2.45) is 0 Å². The maximum absolute atomic E-state index is 8.75. The second-order valence-electron chi connectivity index (χ2n) is 2.90. The van der Waals surface area contributed by atoms with Crippen LogP contribution >= 0.6 is 31.7 Å². The Morgan fingerprint density at radius 1 is 1.53 bits per heavy atom. The molecule has 90 valence electrons. The average Bonchev–Trinajstić information content (AvgIpc) is 2.28. The van der Waals surface area contributed by atoms with E-state index < -0.39 is 8.45 Å². The molecular weight excluding hydrogens is 262 g/mol. The molecule has 0 saturated carbocycles. The van der Waals surface area contributed by atoms with Gasteiger partial charge in [-0.3, -0.25) is 10.3 Å². The van der Waals surface area contributed by atoms with Gasteiger partial charge in [0.25, 0.3) is 0 Å². The SMILES string of the molecule is OOC1CCOP(NCCCl)N1CCCl. The second-order valence-corrected chi connectivity index (χ2v) is 5.29. The number of alkyl halides is 2. The van der Waals surface area contributed by atoms with E-state index in [2.05, 4.69) is 9.97 Å². The quantitative estimate of drug-likeness (QED) is 0.336. The molecule has 15 heavy (non-hydrogen) atoms. The largest absolute Gasteiger partial charge is 0.331 e. The number of nitrogens with one attached hydrogen (secondary N) is 1. The summed E-state index contributed by atoms with van der Waals surface area (Å²) in [5, 5.41) is 11.9. The fourth-order valence-corrected chi connectivity index (χ4v) is 3.49. The summed E-state index contributed by atoms with van der Waals surface area (Å²) in [6.45, 7) is 1.82. The standard InChI is InChI=1S/C7H15Cl2N2O3P/c8-2-4-10-15-11(5-3-9)7(14-12)1-6-13-15/h7,10,12H,1-6H2. The van der Waals surface area contributed by atoms with E-state index in [0.717, 1.165) is 0 Å². The molecule has 1 aliphatic heterocycles.